The molecule has 1 saturated heterocycles. The topological polar surface area (TPSA) is 55.1 Å². The van der Waals surface area contributed by atoms with Crippen molar-refractivity contribution in [2.24, 2.45) is 0 Å². The van der Waals surface area contributed by atoms with Crippen molar-refractivity contribution in [2.75, 3.05) is 6.54 Å². The number of hydrogen-bond acceptors (Lipinski definition) is 5. The van der Waals surface area contributed by atoms with Gasteiger partial charge in [-0.3, -0.25) is 0 Å². The monoisotopic (exact) mass is 291 g/mol. The molecule has 0 aromatic carbocycles. The number of piperidine rings is 1. The number of aryl methyl sites for hydroxylation is 1. The van der Waals surface area contributed by atoms with E-state index in [-0.39, 0.29) is 0 Å². The summed E-state index contributed by atoms with van der Waals surface area (Å²) in [5, 5.41) is 18.2. The van der Waals surface area contributed by atoms with Gasteiger partial charge in [-0.2, -0.15) is 9.61 Å². The van der Waals surface area contributed by atoms with Crippen LogP contribution in [0.2, 0.25) is 0 Å². The summed E-state index contributed by atoms with van der Waals surface area (Å²) in [4.78, 5) is 0.971. The van der Waals surface area contributed by atoms with Crippen LogP contribution in [0.1, 0.15) is 61.7 Å². The Kier molecular flexibility index (Phi) is 3.44. The number of nitrogens with one attached hydrogen (secondary N) is 1. The van der Waals surface area contributed by atoms with E-state index < -0.39 is 0 Å². The van der Waals surface area contributed by atoms with Gasteiger partial charge in [-0.05, 0) is 38.6 Å². The maximum atomic E-state index is 4.74. The molecule has 0 radical (unpaired) electrons. The Morgan fingerprint density at radius 3 is 2.85 bits per heavy atom. The van der Waals surface area contributed by atoms with E-state index in [2.05, 4.69) is 15.5 Å². The van der Waals surface area contributed by atoms with E-state index >= 15 is 0 Å². The highest BCUT2D eigenvalue weighted by atomic mass is 32.1. The summed E-state index contributed by atoms with van der Waals surface area (Å²) in [6, 6.07) is 0.684. The molecule has 20 heavy (non-hydrogen) atoms. The van der Waals surface area contributed by atoms with Gasteiger partial charge in [-0.15, -0.1) is 10.2 Å². The van der Waals surface area contributed by atoms with Crippen molar-refractivity contribution in [3.8, 4) is 0 Å². The van der Waals surface area contributed by atoms with Crippen LogP contribution >= 0.6 is 11.3 Å². The molecule has 0 bridgehead atoms. The highest BCUT2D eigenvalue weighted by molar-refractivity contribution is 7.16. The molecule has 4 rings (SSSR count). The number of rotatable bonds is 4. The lowest BCUT2D eigenvalue weighted by Crippen LogP contribution is -2.34. The average Bonchev–Trinajstić information content (AvgIpc) is 2.98. The summed E-state index contributed by atoms with van der Waals surface area (Å²) in [6.45, 7) is 1.18. The molecule has 108 valence electrons. The quantitative estimate of drug-likeness (QED) is 0.940. The molecule has 3 heterocycles. The molecule has 2 aromatic rings. The Morgan fingerprint density at radius 2 is 2.10 bits per heavy atom. The van der Waals surface area contributed by atoms with E-state index in [9.17, 15) is 0 Å². The van der Waals surface area contributed by atoms with Crippen molar-refractivity contribution < 1.29 is 0 Å². The Balaban J connectivity index is 1.45. The molecular weight excluding hydrogens is 270 g/mol. The fourth-order valence-corrected chi connectivity index (χ4v) is 4.02. The molecule has 1 aliphatic carbocycles. The smallest absolute Gasteiger partial charge is 0.234 e. The van der Waals surface area contributed by atoms with Crippen LogP contribution in [-0.2, 0) is 6.42 Å². The molecule has 2 aromatic heterocycles. The summed E-state index contributed by atoms with van der Waals surface area (Å²) in [5.41, 5.74) is 0. The Hall–Kier alpha value is -1.01. The first kappa shape index (κ1) is 12.7. The maximum absolute atomic E-state index is 4.74. The molecule has 0 amide bonds. The van der Waals surface area contributed by atoms with E-state index in [1.165, 1.54) is 56.5 Å². The van der Waals surface area contributed by atoms with Gasteiger partial charge in [0, 0.05) is 18.4 Å². The maximum Gasteiger partial charge on any atom is 0.234 e. The molecule has 1 atom stereocenters. The zero-order valence-corrected chi connectivity index (χ0v) is 12.5. The molecule has 1 N–H and O–H groups in total. The van der Waals surface area contributed by atoms with Crippen LogP contribution in [0.5, 0.6) is 0 Å². The van der Waals surface area contributed by atoms with Gasteiger partial charge in [0.2, 0.25) is 4.96 Å². The Labute approximate surface area is 122 Å². The molecule has 6 heteroatoms. The van der Waals surface area contributed by atoms with Gasteiger partial charge in [0.1, 0.15) is 5.01 Å². The number of nitrogens with zero attached hydrogens (tertiary/aromatic N) is 4. The van der Waals surface area contributed by atoms with Crippen LogP contribution < -0.4 is 5.32 Å². The standard InChI is InChI=1S/C14H21N5S/c1-2-9-15-11(6-1)7-8-12-18-19-13(10-4-3-5-10)16-17-14(19)20-12/h10-11,15H,1-9H2. The lowest BCUT2D eigenvalue weighted by Gasteiger charge is -2.23. The van der Waals surface area contributed by atoms with Gasteiger partial charge in [0.05, 0.1) is 0 Å². The zero-order chi connectivity index (χ0) is 13.4. The van der Waals surface area contributed by atoms with Crippen LogP contribution in [0.15, 0.2) is 0 Å². The summed E-state index contributed by atoms with van der Waals surface area (Å²) in [5.74, 6) is 1.68. The molecule has 5 nitrogen and oxygen atoms in total. The van der Waals surface area contributed by atoms with E-state index in [1.807, 2.05) is 4.52 Å². The third-order valence-electron chi connectivity index (χ3n) is 4.65. The van der Waals surface area contributed by atoms with Gasteiger partial charge in [0.25, 0.3) is 0 Å². The molecule has 2 aliphatic rings. The number of fused-ring (bicyclic) bond motifs is 1. The summed E-state index contributed by atoms with van der Waals surface area (Å²) < 4.78 is 2.00. The second kappa shape index (κ2) is 5.41. The molecule has 1 unspecified atom stereocenters. The predicted molar refractivity (Wildman–Crippen MR) is 79.2 cm³/mol. The predicted octanol–water partition coefficient (Wildman–Crippen LogP) is 2.53. The minimum absolute atomic E-state index is 0.597. The van der Waals surface area contributed by atoms with Crippen molar-refractivity contribution in [1.29, 1.82) is 0 Å². The van der Waals surface area contributed by atoms with Crippen LogP contribution in [0.25, 0.3) is 4.96 Å². The molecule has 1 saturated carbocycles. The summed E-state index contributed by atoms with van der Waals surface area (Å²) in [6.07, 6.45) is 10.1. The normalized spacial score (nSPS) is 24.1. The van der Waals surface area contributed by atoms with E-state index in [1.54, 1.807) is 11.3 Å². The van der Waals surface area contributed by atoms with Gasteiger partial charge in [0.15, 0.2) is 5.82 Å². The number of hydrogen-bond donors (Lipinski definition) is 1. The SMILES string of the molecule is C1CCC(CCc2nn3c(C4CCC4)nnc3s2)NC1. The average molecular weight is 291 g/mol. The zero-order valence-electron chi connectivity index (χ0n) is 11.7. The summed E-state index contributed by atoms with van der Waals surface area (Å²) >= 11 is 1.71. The molecule has 2 fully saturated rings. The van der Waals surface area contributed by atoms with Gasteiger partial charge in [-0.1, -0.05) is 24.2 Å². The third kappa shape index (κ3) is 2.35. The first-order valence-electron chi connectivity index (χ1n) is 7.84. The van der Waals surface area contributed by atoms with Crippen LogP contribution in [0.4, 0.5) is 0 Å². The highest BCUT2D eigenvalue weighted by Crippen LogP contribution is 2.35. The van der Waals surface area contributed by atoms with Gasteiger partial charge < -0.3 is 5.32 Å². The highest BCUT2D eigenvalue weighted by Gasteiger charge is 2.26. The number of aromatic nitrogens is 4. The van der Waals surface area contributed by atoms with Crippen LogP contribution in [0.3, 0.4) is 0 Å². The van der Waals surface area contributed by atoms with Crippen molar-refractivity contribution >= 4 is 16.3 Å². The van der Waals surface area contributed by atoms with Crippen molar-refractivity contribution in [1.82, 2.24) is 25.1 Å². The molecule has 0 spiro atoms. The van der Waals surface area contributed by atoms with Gasteiger partial charge in [-0.25, -0.2) is 0 Å². The van der Waals surface area contributed by atoms with E-state index in [0.29, 0.717) is 12.0 Å². The van der Waals surface area contributed by atoms with Crippen molar-refractivity contribution in [3.63, 3.8) is 0 Å². The van der Waals surface area contributed by atoms with Crippen LogP contribution in [0, 0.1) is 0 Å². The lowest BCUT2D eigenvalue weighted by atomic mass is 9.85. The minimum atomic E-state index is 0.597. The molecule has 1 aliphatic heterocycles. The minimum Gasteiger partial charge on any atom is -0.314 e. The molecular formula is C14H21N5S. The second-order valence-corrected chi connectivity index (χ2v) is 7.10. The summed E-state index contributed by atoms with van der Waals surface area (Å²) in [7, 11) is 0. The largest absolute Gasteiger partial charge is 0.314 e. The fourth-order valence-electron chi connectivity index (χ4n) is 3.16. The first-order chi connectivity index (χ1) is 9.90. The van der Waals surface area contributed by atoms with E-state index in [0.717, 1.165) is 17.2 Å². The fraction of sp³-hybridized carbons (Fsp3) is 0.786. The van der Waals surface area contributed by atoms with Crippen molar-refractivity contribution in [2.45, 2.75) is 63.3 Å². The Morgan fingerprint density at radius 1 is 1.15 bits per heavy atom. The second-order valence-electron chi connectivity index (χ2n) is 6.06. The van der Waals surface area contributed by atoms with Crippen molar-refractivity contribution in [3.05, 3.63) is 10.8 Å². The third-order valence-corrected chi connectivity index (χ3v) is 5.60. The van der Waals surface area contributed by atoms with Crippen LogP contribution in [-0.4, -0.2) is 32.4 Å². The van der Waals surface area contributed by atoms with Gasteiger partial charge >= 0.3 is 0 Å². The Bertz CT molecular complexity index is 579. The van der Waals surface area contributed by atoms with E-state index in [4.69, 9.17) is 5.10 Å². The first-order valence-corrected chi connectivity index (χ1v) is 8.66. The lowest BCUT2D eigenvalue weighted by molar-refractivity contribution is 0.381.